The van der Waals surface area contributed by atoms with Gasteiger partial charge >= 0.3 is 0 Å². The highest BCUT2D eigenvalue weighted by Crippen LogP contribution is 2.23. The number of aromatic nitrogens is 2. The molecule has 1 aromatic carbocycles. The van der Waals surface area contributed by atoms with E-state index in [1.807, 2.05) is 31.2 Å². The zero-order valence-corrected chi connectivity index (χ0v) is 12.4. The minimum absolute atomic E-state index is 0.0868. The molecule has 0 saturated heterocycles. The Hall–Kier alpha value is -2.47. The summed E-state index contributed by atoms with van der Waals surface area (Å²) >= 11 is 0. The first-order valence-corrected chi connectivity index (χ1v) is 6.66. The third kappa shape index (κ3) is 3.55. The van der Waals surface area contributed by atoms with Crippen molar-refractivity contribution in [2.45, 2.75) is 13.0 Å². The molecule has 1 atom stereocenters. The Morgan fingerprint density at radius 3 is 2.48 bits per heavy atom. The Balaban J connectivity index is 2.20. The van der Waals surface area contributed by atoms with Crippen LogP contribution in [0.1, 0.15) is 29.0 Å². The highest BCUT2D eigenvalue weighted by atomic mass is 16.2. The molecule has 3 N–H and O–H groups in total. The first-order chi connectivity index (χ1) is 9.99. The van der Waals surface area contributed by atoms with Crippen LogP contribution in [-0.2, 0) is 0 Å². The first-order valence-electron chi connectivity index (χ1n) is 6.66. The molecule has 1 heterocycles. The van der Waals surface area contributed by atoms with Gasteiger partial charge in [0.25, 0.3) is 5.91 Å². The predicted molar refractivity (Wildman–Crippen MR) is 82.4 cm³/mol. The summed E-state index contributed by atoms with van der Waals surface area (Å²) < 4.78 is 0. The normalized spacial score (nSPS) is 11.8. The SMILES string of the molecule is CC(N)c1ccccc1Nc1ccc(C(=O)N(C)C)nn1. The number of rotatable bonds is 4. The van der Waals surface area contributed by atoms with E-state index in [-0.39, 0.29) is 11.9 Å². The van der Waals surface area contributed by atoms with Crippen LogP contribution in [0.3, 0.4) is 0 Å². The summed E-state index contributed by atoms with van der Waals surface area (Å²) in [7, 11) is 3.35. The van der Waals surface area contributed by atoms with Gasteiger partial charge in [-0.1, -0.05) is 18.2 Å². The van der Waals surface area contributed by atoms with E-state index in [0.29, 0.717) is 11.5 Å². The lowest BCUT2D eigenvalue weighted by atomic mass is 10.1. The van der Waals surface area contributed by atoms with Gasteiger partial charge in [0.15, 0.2) is 11.5 Å². The number of carbonyl (C=O) groups is 1. The van der Waals surface area contributed by atoms with E-state index in [2.05, 4.69) is 15.5 Å². The van der Waals surface area contributed by atoms with Gasteiger partial charge in [-0.15, -0.1) is 10.2 Å². The largest absolute Gasteiger partial charge is 0.343 e. The van der Waals surface area contributed by atoms with E-state index in [1.54, 1.807) is 26.2 Å². The Kier molecular flexibility index (Phi) is 4.49. The molecule has 6 nitrogen and oxygen atoms in total. The van der Waals surface area contributed by atoms with Gasteiger partial charge in [-0.05, 0) is 30.7 Å². The van der Waals surface area contributed by atoms with Crippen LogP contribution in [0.2, 0.25) is 0 Å². The van der Waals surface area contributed by atoms with Crippen molar-refractivity contribution in [1.82, 2.24) is 15.1 Å². The summed E-state index contributed by atoms with van der Waals surface area (Å²) in [6.07, 6.45) is 0. The van der Waals surface area contributed by atoms with Crippen molar-refractivity contribution in [2.75, 3.05) is 19.4 Å². The average molecular weight is 285 g/mol. The summed E-state index contributed by atoms with van der Waals surface area (Å²) in [6.45, 7) is 1.92. The maximum atomic E-state index is 11.7. The maximum Gasteiger partial charge on any atom is 0.273 e. The van der Waals surface area contributed by atoms with Gasteiger partial charge in [-0.3, -0.25) is 4.79 Å². The minimum atomic E-state index is -0.176. The summed E-state index contributed by atoms with van der Waals surface area (Å²) in [5.74, 6) is 0.392. The predicted octanol–water partition coefficient (Wildman–Crippen LogP) is 1.94. The highest BCUT2D eigenvalue weighted by Gasteiger charge is 2.11. The monoisotopic (exact) mass is 285 g/mol. The molecule has 2 rings (SSSR count). The maximum absolute atomic E-state index is 11.7. The molecule has 0 saturated carbocycles. The fourth-order valence-electron chi connectivity index (χ4n) is 1.89. The average Bonchev–Trinajstić information content (AvgIpc) is 2.47. The topological polar surface area (TPSA) is 84.1 Å². The van der Waals surface area contributed by atoms with Gasteiger partial charge in [0.05, 0.1) is 0 Å². The number of hydrogen-bond donors (Lipinski definition) is 2. The fourth-order valence-corrected chi connectivity index (χ4v) is 1.89. The molecule has 21 heavy (non-hydrogen) atoms. The van der Waals surface area contributed by atoms with Crippen LogP contribution < -0.4 is 11.1 Å². The van der Waals surface area contributed by atoms with Crippen molar-refractivity contribution < 1.29 is 4.79 Å². The zero-order chi connectivity index (χ0) is 15.4. The molecule has 0 spiro atoms. The van der Waals surface area contributed by atoms with E-state index in [9.17, 15) is 4.79 Å². The summed E-state index contributed by atoms with van der Waals surface area (Å²) in [6, 6.07) is 11.0. The van der Waals surface area contributed by atoms with E-state index < -0.39 is 0 Å². The van der Waals surface area contributed by atoms with Crippen molar-refractivity contribution >= 4 is 17.4 Å². The molecule has 110 valence electrons. The number of para-hydroxylation sites is 1. The molecule has 0 radical (unpaired) electrons. The minimum Gasteiger partial charge on any atom is -0.343 e. The molecule has 6 heteroatoms. The number of hydrogen-bond acceptors (Lipinski definition) is 5. The molecule has 0 fully saturated rings. The van der Waals surface area contributed by atoms with Gasteiger partial charge in [-0.25, -0.2) is 0 Å². The number of amides is 1. The Morgan fingerprint density at radius 2 is 1.90 bits per heavy atom. The second-order valence-corrected chi connectivity index (χ2v) is 5.00. The van der Waals surface area contributed by atoms with E-state index in [0.717, 1.165) is 11.3 Å². The van der Waals surface area contributed by atoms with Crippen molar-refractivity contribution in [2.24, 2.45) is 5.73 Å². The number of carbonyl (C=O) groups excluding carboxylic acids is 1. The number of nitrogens with two attached hydrogens (primary N) is 1. The lowest BCUT2D eigenvalue weighted by molar-refractivity contribution is 0.0821. The molecule has 1 unspecified atom stereocenters. The molecule has 0 bridgehead atoms. The van der Waals surface area contributed by atoms with E-state index in [1.165, 1.54) is 4.90 Å². The second kappa shape index (κ2) is 6.32. The van der Waals surface area contributed by atoms with Crippen LogP contribution in [0, 0.1) is 0 Å². The summed E-state index contributed by atoms with van der Waals surface area (Å²) in [5.41, 5.74) is 8.13. The third-order valence-corrected chi connectivity index (χ3v) is 3.00. The van der Waals surface area contributed by atoms with Crippen molar-refractivity contribution in [3.63, 3.8) is 0 Å². The van der Waals surface area contributed by atoms with Gasteiger partial charge < -0.3 is 16.0 Å². The standard InChI is InChI=1S/C15H19N5O/c1-10(16)11-6-4-5-7-12(11)17-14-9-8-13(18-19-14)15(21)20(2)3/h4-10H,16H2,1-3H3,(H,17,19). The van der Waals surface area contributed by atoms with Gasteiger partial charge in [0.1, 0.15) is 0 Å². The molecular formula is C15H19N5O. The highest BCUT2D eigenvalue weighted by molar-refractivity contribution is 5.91. The summed E-state index contributed by atoms with van der Waals surface area (Å²) in [4.78, 5) is 13.2. The molecule has 2 aromatic rings. The van der Waals surface area contributed by atoms with Crippen LogP contribution >= 0.6 is 0 Å². The first kappa shape index (κ1) is 14.9. The third-order valence-electron chi connectivity index (χ3n) is 3.00. The second-order valence-electron chi connectivity index (χ2n) is 5.00. The fraction of sp³-hybridized carbons (Fsp3) is 0.267. The van der Waals surface area contributed by atoms with Crippen LogP contribution in [0.4, 0.5) is 11.5 Å². The zero-order valence-electron chi connectivity index (χ0n) is 12.4. The van der Waals surface area contributed by atoms with Crippen molar-refractivity contribution in [1.29, 1.82) is 0 Å². The van der Waals surface area contributed by atoms with Gasteiger partial charge in [-0.2, -0.15) is 0 Å². The molecule has 1 aromatic heterocycles. The van der Waals surface area contributed by atoms with Crippen LogP contribution in [0.25, 0.3) is 0 Å². The number of nitrogens with zero attached hydrogens (tertiary/aromatic N) is 3. The van der Waals surface area contributed by atoms with E-state index in [4.69, 9.17) is 5.73 Å². The van der Waals surface area contributed by atoms with Gasteiger partial charge in [0.2, 0.25) is 0 Å². The molecule has 0 aliphatic carbocycles. The Labute approximate surface area is 124 Å². The van der Waals surface area contributed by atoms with Crippen LogP contribution in [-0.4, -0.2) is 35.1 Å². The smallest absolute Gasteiger partial charge is 0.273 e. The van der Waals surface area contributed by atoms with Gasteiger partial charge in [0, 0.05) is 25.8 Å². The lowest BCUT2D eigenvalue weighted by Gasteiger charge is -2.14. The number of nitrogens with one attached hydrogen (secondary N) is 1. The lowest BCUT2D eigenvalue weighted by Crippen LogP contribution is -2.23. The Bertz CT molecular complexity index is 622. The Morgan fingerprint density at radius 1 is 1.19 bits per heavy atom. The number of benzene rings is 1. The molecule has 0 aliphatic heterocycles. The quantitative estimate of drug-likeness (QED) is 0.897. The van der Waals surface area contributed by atoms with Crippen molar-refractivity contribution in [3.05, 3.63) is 47.7 Å². The molecule has 1 amide bonds. The molecule has 0 aliphatic rings. The van der Waals surface area contributed by atoms with Crippen LogP contribution in [0.5, 0.6) is 0 Å². The van der Waals surface area contributed by atoms with Crippen LogP contribution in [0.15, 0.2) is 36.4 Å². The van der Waals surface area contributed by atoms with Crippen molar-refractivity contribution in [3.8, 4) is 0 Å². The summed E-state index contributed by atoms with van der Waals surface area (Å²) in [5, 5.41) is 11.1. The number of anilines is 2. The van der Waals surface area contributed by atoms with E-state index >= 15 is 0 Å². The molecular weight excluding hydrogens is 266 g/mol.